The van der Waals surface area contributed by atoms with E-state index in [1.807, 2.05) is 17.9 Å². The fourth-order valence-electron chi connectivity index (χ4n) is 3.78. The lowest BCUT2D eigenvalue weighted by molar-refractivity contribution is -0.119. The molecule has 1 fully saturated rings. The van der Waals surface area contributed by atoms with Gasteiger partial charge in [-0.05, 0) is 62.1 Å². The molecule has 0 bridgehead atoms. The maximum absolute atomic E-state index is 13.0. The average molecular weight is 490 g/mol. The summed E-state index contributed by atoms with van der Waals surface area (Å²) in [5, 5.41) is 2.68. The molecule has 0 saturated carbocycles. The van der Waals surface area contributed by atoms with Gasteiger partial charge in [0, 0.05) is 27.2 Å². The summed E-state index contributed by atoms with van der Waals surface area (Å²) in [6.45, 7) is 2.87. The number of esters is 1. The third-order valence-corrected chi connectivity index (χ3v) is 7.44. The Morgan fingerprint density at radius 3 is 2.41 bits per heavy atom. The minimum atomic E-state index is -3.75. The number of amides is 1. The van der Waals surface area contributed by atoms with Crippen LogP contribution in [0, 0.1) is 6.92 Å². The maximum Gasteiger partial charge on any atom is 0.340 e. The number of nitrogens with one attached hydrogen (secondary N) is 1. The molecule has 0 radical (unpaired) electrons. The van der Waals surface area contributed by atoms with Gasteiger partial charge in [-0.3, -0.25) is 4.79 Å². The van der Waals surface area contributed by atoms with Crippen LogP contribution in [-0.2, 0) is 19.6 Å². The Morgan fingerprint density at radius 2 is 1.76 bits per heavy atom. The van der Waals surface area contributed by atoms with E-state index in [1.54, 1.807) is 18.2 Å². The molecule has 0 aromatic heterocycles. The lowest BCUT2D eigenvalue weighted by Crippen LogP contribution is -2.31. The Balaban J connectivity index is 1.81. The van der Waals surface area contributed by atoms with Gasteiger partial charge in [-0.15, -0.1) is 0 Å². The zero-order valence-corrected chi connectivity index (χ0v) is 20.8. The molecular formula is C24H31N3O6S. The highest BCUT2D eigenvalue weighted by molar-refractivity contribution is 7.89. The van der Waals surface area contributed by atoms with E-state index < -0.39 is 28.5 Å². The molecule has 1 heterocycles. The third-order valence-electron chi connectivity index (χ3n) is 5.63. The van der Waals surface area contributed by atoms with Gasteiger partial charge in [-0.1, -0.05) is 6.07 Å². The van der Waals surface area contributed by atoms with Crippen LogP contribution in [0.15, 0.2) is 41.3 Å². The van der Waals surface area contributed by atoms with Crippen LogP contribution < -0.4 is 15.0 Å². The Morgan fingerprint density at radius 1 is 1.06 bits per heavy atom. The van der Waals surface area contributed by atoms with Crippen molar-refractivity contribution in [1.29, 1.82) is 0 Å². The molecular weight excluding hydrogens is 458 g/mol. The zero-order chi connectivity index (χ0) is 24.9. The number of hydrogen-bond acceptors (Lipinski definition) is 7. The number of benzene rings is 2. The highest BCUT2D eigenvalue weighted by Crippen LogP contribution is 2.29. The molecule has 1 aliphatic heterocycles. The number of methoxy groups -OCH3 is 1. The quantitative estimate of drug-likeness (QED) is 0.568. The van der Waals surface area contributed by atoms with Gasteiger partial charge in [0.1, 0.15) is 5.75 Å². The number of anilines is 2. The van der Waals surface area contributed by atoms with Crippen molar-refractivity contribution in [2.45, 2.75) is 31.1 Å². The van der Waals surface area contributed by atoms with E-state index in [1.165, 1.54) is 33.3 Å². The summed E-state index contributed by atoms with van der Waals surface area (Å²) in [4.78, 5) is 27.5. The molecule has 0 spiro atoms. The summed E-state index contributed by atoms with van der Waals surface area (Å²) in [6, 6.07) is 9.79. The number of nitrogens with zero attached hydrogens (tertiary/aromatic N) is 2. The molecule has 9 nitrogen and oxygen atoms in total. The van der Waals surface area contributed by atoms with Crippen molar-refractivity contribution in [1.82, 2.24) is 4.31 Å². The van der Waals surface area contributed by atoms with Crippen LogP contribution in [0.4, 0.5) is 11.4 Å². The highest BCUT2D eigenvalue weighted by Gasteiger charge is 2.25. The SMILES string of the molecule is COc1ccc(C)cc1NC(=O)COC(=O)c1cc(S(=O)(=O)N(C)C)ccc1N1CCCCC1. The van der Waals surface area contributed by atoms with Gasteiger partial charge in [-0.2, -0.15) is 0 Å². The fraction of sp³-hybridized carbons (Fsp3) is 0.417. The van der Waals surface area contributed by atoms with E-state index in [0.29, 0.717) is 17.1 Å². The number of sulfonamides is 1. The van der Waals surface area contributed by atoms with Crippen LogP contribution in [0.1, 0.15) is 35.2 Å². The maximum atomic E-state index is 13.0. The lowest BCUT2D eigenvalue weighted by Gasteiger charge is -2.30. The van der Waals surface area contributed by atoms with Crippen LogP contribution in [0.25, 0.3) is 0 Å². The molecule has 1 N–H and O–H groups in total. The monoisotopic (exact) mass is 489 g/mol. The summed E-state index contributed by atoms with van der Waals surface area (Å²) >= 11 is 0. The highest BCUT2D eigenvalue weighted by atomic mass is 32.2. The standard InChI is InChI=1S/C24H31N3O6S/c1-17-8-11-22(32-4)20(14-17)25-23(28)16-33-24(29)19-15-18(34(30,31)26(2)3)9-10-21(19)27-12-6-5-7-13-27/h8-11,14-15H,5-7,12-13,16H2,1-4H3,(H,25,28). The second-order valence-corrected chi connectivity index (χ2v) is 10.5. The molecule has 2 aromatic carbocycles. The van der Waals surface area contributed by atoms with Crippen molar-refractivity contribution < 1.29 is 27.5 Å². The van der Waals surface area contributed by atoms with Crippen molar-refractivity contribution in [3.05, 3.63) is 47.5 Å². The number of carbonyl (C=O) groups is 2. The van der Waals surface area contributed by atoms with Crippen LogP contribution in [0.3, 0.4) is 0 Å². The number of hydrogen-bond donors (Lipinski definition) is 1. The molecule has 184 valence electrons. The summed E-state index contributed by atoms with van der Waals surface area (Å²) in [7, 11) is 0.600. The van der Waals surface area contributed by atoms with E-state index >= 15 is 0 Å². The first-order valence-corrected chi connectivity index (χ1v) is 12.5. The second kappa shape index (κ2) is 10.9. The number of ether oxygens (including phenoxy) is 2. The van der Waals surface area contributed by atoms with Crippen LogP contribution in [-0.4, -0.2) is 65.5 Å². The van der Waals surface area contributed by atoms with Crippen LogP contribution in [0.5, 0.6) is 5.75 Å². The van der Waals surface area contributed by atoms with Gasteiger partial charge >= 0.3 is 5.97 Å². The molecule has 1 saturated heterocycles. The largest absolute Gasteiger partial charge is 0.495 e. The van der Waals surface area contributed by atoms with Crippen LogP contribution >= 0.6 is 0 Å². The summed E-state index contributed by atoms with van der Waals surface area (Å²) in [6.07, 6.45) is 3.06. The zero-order valence-electron chi connectivity index (χ0n) is 20.0. The van der Waals surface area contributed by atoms with Crippen molar-refractivity contribution in [3.8, 4) is 5.75 Å². The Kier molecular flexibility index (Phi) is 8.16. The van der Waals surface area contributed by atoms with Crippen molar-refractivity contribution >= 4 is 33.3 Å². The topological polar surface area (TPSA) is 105 Å². The fourth-order valence-corrected chi connectivity index (χ4v) is 4.70. The first kappa shape index (κ1) is 25.5. The van der Waals surface area contributed by atoms with E-state index in [4.69, 9.17) is 9.47 Å². The minimum absolute atomic E-state index is 0.0147. The van der Waals surface area contributed by atoms with E-state index in [9.17, 15) is 18.0 Å². The Hall–Kier alpha value is -3.11. The molecule has 10 heteroatoms. The molecule has 34 heavy (non-hydrogen) atoms. The predicted molar refractivity (Wildman–Crippen MR) is 130 cm³/mol. The Bertz CT molecular complexity index is 1160. The van der Waals surface area contributed by atoms with E-state index in [-0.39, 0.29) is 10.5 Å². The van der Waals surface area contributed by atoms with Gasteiger partial charge < -0.3 is 19.7 Å². The first-order valence-electron chi connectivity index (χ1n) is 11.1. The number of carbonyl (C=O) groups excluding carboxylic acids is 2. The van der Waals surface area contributed by atoms with Gasteiger partial charge in [0.15, 0.2) is 6.61 Å². The number of rotatable bonds is 8. The molecule has 0 aliphatic carbocycles. The molecule has 0 unspecified atom stereocenters. The molecule has 1 amide bonds. The second-order valence-electron chi connectivity index (χ2n) is 8.34. The van der Waals surface area contributed by atoms with Crippen LogP contribution in [0.2, 0.25) is 0 Å². The van der Waals surface area contributed by atoms with Crippen molar-refractivity contribution in [3.63, 3.8) is 0 Å². The van der Waals surface area contributed by atoms with Crippen molar-refractivity contribution in [2.24, 2.45) is 0 Å². The van der Waals surface area contributed by atoms with Gasteiger partial charge in [0.25, 0.3) is 5.91 Å². The lowest BCUT2D eigenvalue weighted by atomic mass is 10.1. The van der Waals surface area contributed by atoms with Gasteiger partial charge in [0.2, 0.25) is 10.0 Å². The third kappa shape index (κ3) is 5.87. The van der Waals surface area contributed by atoms with E-state index in [0.717, 1.165) is 42.2 Å². The summed E-state index contributed by atoms with van der Waals surface area (Å²) < 4.78 is 36.9. The van der Waals surface area contributed by atoms with Crippen molar-refractivity contribution in [2.75, 3.05) is 51.1 Å². The molecule has 3 rings (SSSR count). The molecule has 2 aromatic rings. The summed E-state index contributed by atoms with van der Waals surface area (Å²) in [5.74, 6) is -0.809. The first-order chi connectivity index (χ1) is 16.1. The summed E-state index contributed by atoms with van der Waals surface area (Å²) in [5.41, 5.74) is 2.11. The van der Waals surface area contributed by atoms with Gasteiger partial charge in [-0.25, -0.2) is 17.5 Å². The average Bonchev–Trinajstić information content (AvgIpc) is 2.82. The van der Waals surface area contributed by atoms with Gasteiger partial charge in [0.05, 0.1) is 28.9 Å². The normalized spacial score (nSPS) is 14.1. The minimum Gasteiger partial charge on any atom is -0.495 e. The smallest absolute Gasteiger partial charge is 0.340 e. The molecule has 0 atom stereocenters. The molecule has 1 aliphatic rings. The van der Waals surface area contributed by atoms with E-state index in [2.05, 4.69) is 5.32 Å². The Labute approximate surface area is 200 Å². The number of piperidine rings is 1. The predicted octanol–water partition coefficient (Wildman–Crippen LogP) is 3.04. The number of aryl methyl sites for hydroxylation is 1.